The van der Waals surface area contributed by atoms with Crippen LogP contribution in [-0.2, 0) is 24.1 Å². The Balaban J connectivity index is 1.42. The van der Waals surface area contributed by atoms with Crippen LogP contribution >= 0.6 is 0 Å². The van der Waals surface area contributed by atoms with Crippen molar-refractivity contribution in [2.24, 2.45) is 0 Å². The average Bonchev–Trinajstić information content (AvgIpc) is 2.90. The second-order valence-electron chi connectivity index (χ2n) is 9.55. The molecule has 0 saturated carbocycles. The van der Waals surface area contributed by atoms with E-state index >= 15 is 0 Å². The molecule has 4 rings (SSSR count). The van der Waals surface area contributed by atoms with E-state index in [0.717, 1.165) is 49.2 Å². The van der Waals surface area contributed by atoms with Crippen LogP contribution in [-0.4, -0.2) is 25.3 Å². The van der Waals surface area contributed by atoms with Gasteiger partial charge < -0.3 is 14.6 Å². The number of ether oxygens (including phenoxy) is 2. The molecule has 0 fully saturated rings. The molecule has 35 heavy (non-hydrogen) atoms. The molecule has 0 radical (unpaired) electrons. The van der Waals surface area contributed by atoms with Gasteiger partial charge in [0.15, 0.2) is 0 Å². The molecular formula is C31H36O4. The largest absolute Gasteiger partial charge is 0.497 e. The maximum atomic E-state index is 10.8. The zero-order chi connectivity index (χ0) is 24.6. The summed E-state index contributed by atoms with van der Waals surface area (Å²) in [6.45, 7) is 0. The quantitative estimate of drug-likeness (QED) is 0.307. The molecule has 0 aromatic heterocycles. The Morgan fingerprint density at radius 2 is 1.51 bits per heavy atom. The van der Waals surface area contributed by atoms with E-state index in [0.29, 0.717) is 18.3 Å². The third kappa shape index (κ3) is 6.45. The lowest BCUT2D eigenvalue weighted by Crippen LogP contribution is -2.19. The van der Waals surface area contributed by atoms with Crippen molar-refractivity contribution in [1.82, 2.24) is 0 Å². The van der Waals surface area contributed by atoms with Crippen molar-refractivity contribution in [3.8, 4) is 11.5 Å². The lowest BCUT2D eigenvalue weighted by atomic mass is 9.70. The van der Waals surface area contributed by atoms with Gasteiger partial charge in [0.1, 0.15) is 11.5 Å². The molecule has 0 amide bonds. The fourth-order valence-corrected chi connectivity index (χ4v) is 5.44. The highest BCUT2D eigenvalue weighted by Gasteiger charge is 2.30. The Labute approximate surface area is 208 Å². The highest BCUT2D eigenvalue weighted by molar-refractivity contribution is 5.67. The summed E-state index contributed by atoms with van der Waals surface area (Å²) in [6.07, 6.45) is 7.53. The first-order chi connectivity index (χ1) is 17.1. The number of hydrogen-bond donors (Lipinski definition) is 1. The topological polar surface area (TPSA) is 55.8 Å². The highest BCUT2D eigenvalue weighted by Crippen LogP contribution is 2.46. The average molecular weight is 473 g/mol. The summed E-state index contributed by atoms with van der Waals surface area (Å²) in [5.74, 6) is 2.11. The third-order valence-corrected chi connectivity index (χ3v) is 7.39. The second kappa shape index (κ2) is 11.9. The van der Waals surface area contributed by atoms with Crippen LogP contribution in [0.25, 0.3) is 0 Å². The van der Waals surface area contributed by atoms with E-state index in [4.69, 9.17) is 14.6 Å². The summed E-state index contributed by atoms with van der Waals surface area (Å²) in [6, 6.07) is 23.7. The number of unbranched alkanes of at least 4 members (excludes halogenated alkanes) is 1. The predicted octanol–water partition coefficient (Wildman–Crippen LogP) is 6.95. The van der Waals surface area contributed by atoms with Gasteiger partial charge in [-0.1, -0.05) is 48.9 Å². The molecule has 4 heteroatoms. The highest BCUT2D eigenvalue weighted by atomic mass is 16.5. The van der Waals surface area contributed by atoms with Crippen molar-refractivity contribution in [2.75, 3.05) is 14.2 Å². The van der Waals surface area contributed by atoms with Crippen LogP contribution in [0.15, 0.2) is 66.7 Å². The maximum Gasteiger partial charge on any atom is 0.303 e. The first-order valence-corrected chi connectivity index (χ1v) is 12.7. The first kappa shape index (κ1) is 24.8. The number of aliphatic carboxylic acids is 1. The fourth-order valence-electron chi connectivity index (χ4n) is 5.44. The van der Waals surface area contributed by atoms with E-state index in [2.05, 4.69) is 66.7 Å². The zero-order valence-corrected chi connectivity index (χ0v) is 20.8. The molecule has 3 aromatic rings. The minimum atomic E-state index is -0.746. The lowest BCUT2D eigenvalue weighted by Gasteiger charge is -2.34. The van der Waals surface area contributed by atoms with E-state index in [1.807, 2.05) is 0 Å². The van der Waals surface area contributed by atoms with Gasteiger partial charge in [0.05, 0.1) is 14.2 Å². The van der Waals surface area contributed by atoms with Crippen molar-refractivity contribution in [1.29, 1.82) is 0 Å². The SMILES string of the molecule is COc1ccc(C2CCc3cc(OC)ccc3C2CCCCc2ccc(CCC(=O)O)cc2)cc1. The summed E-state index contributed by atoms with van der Waals surface area (Å²) in [5.41, 5.74) is 6.71. The van der Waals surface area contributed by atoms with Crippen LogP contribution in [0.4, 0.5) is 0 Å². The van der Waals surface area contributed by atoms with Gasteiger partial charge in [-0.25, -0.2) is 0 Å². The number of aryl methyl sites for hydroxylation is 3. The van der Waals surface area contributed by atoms with Gasteiger partial charge in [0.2, 0.25) is 0 Å². The standard InChI is InChI=1S/C31H36O4/c1-34-26-15-12-24(13-16-26)28-18-14-25-21-27(35-2)17-19-29(25)30(28)6-4-3-5-22-7-9-23(10-8-22)11-20-31(32)33/h7-10,12-13,15-17,19,21,28,30H,3-6,11,14,18,20H2,1-2H3,(H,32,33). The molecule has 1 N–H and O–H groups in total. The summed E-state index contributed by atoms with van der Waals surface area (Å²) in [7, 11) is 3.45. The Kier molecular flexibility index (Phi) is 8.46. The molecule has 1 aliphatic rings. The number of carboxylic acids is 1. The second-order valence-corrected chi connectivity index (χ2v) is 9.55. The molecule has 0 bridgehead atoms. The molecular weight excluding hydrogens is 436 g/mol. The van der Waals surface area contributed by atoms with Crippen molar-refractivity contribution >= 4 is 5.97 Å². The molecule has 0 aliphatic heterocycles. The zero-order valence-electron chi connectivity index (χ0n) is 20.8. The van der Waals surface area contributed by atoms with Crippen molar-refractivity contribution in [2.45, 2.75) is 63.2 Å². The number of carboxylic acid groups (broad SMARTS) is 1. The number of hydrogen-bond acceptors (Lipinski definition) is 3. The molecule has 2 atom stereocenters. The van der Waals surface area contributed by atoms with Crippen molar-refractivity contribution < 1.29 is 19.4 Å². The number of rotatable bonds is 11. The van der Waals surface area contributed by atoms with E-state index in [9.17, 15) is 4.79 Å². The third-order valence-electron chi connectivity index (χ3n) is 7.39. The van der Waals surface area contributed by atoms with Crippen LogP contribution < -0.4 is 9.47 Å². The molecule has 184 valence electrons. The summed E-state index contributed by atoms with van der Waals surface area (Å²) >= 11 is 0. The van der Waals surface area contributed by atoms with E-state index in [-0.39, 0.29) is 6.42 Å². The van der Waals surface area contributed by atoms with Gasteiger partial charge in [-0.2, -0.15) is 0 Å². The maximum absolute atomic E-state index is 10.8. The number of benzene rings is 3. The molecule has 0 saturated heterocycles. The van der Waals surface area contributed by atoms with Crippen molar-refractivity contribution in [3.05, 3.63) is 94.5 Å². The van der Waals surface area contributed by atoms with Crippen molar-refractivity contribution in [3.63, 3.8) is 0 Å². The fraction of sp³-hybridized carbons (Fsp3) is 0.387. The van der Waals surface area contributed by atoms with E-state index in [1.165, 1.54) is 28.7 Å². The Bertz CT molecular complexity index is 1100. The van der Waals surface area contributed by atoms with Crippen LogP contribution in [0.1, 0.15) is 71.8 Å². The Morgan fingerprint density at radius 3 is 2.17 bits per heavy atom. The van der Waals surface area contributed by atoms with E-state index < -0.39 is 5.97 Å². The normalized spacial score (nSPS) is 17.0. The van der Waals surface area contributed by atoms with Crippen LogP contribution in [0, 0.1) is 0 Å². The minimum Gasteiger partial charge on any atom is -0.497 e. The van der Waals surface area contributed by atoms with Crippen LogP contribution in [0.3, 0.4) is 0 Å². The monoisotopic (exact) mass is 472 g/mol. The van der Waals surface area contributed by atoms with Gasteiger partial charge >= 0.3 is 5.97 Å². The molecule has 3 aromatic carbocycles. The van der Waals surface area contributed by atoms with Gasteiger partial charge in [0.25, 0.3) is 0 Å². The molecule has 0 heterocycles. The van der Waals surface area contributed by atoms with E-state index in [1.54, 1.807) is 14.2 Å². The van der Waals surface area contributed by atoms with Crippen LogP contribution in [0.2, 0.25) is 0 Å². The molecule has 0 spiro atoms. The summed E-state index contributed by atoms with van der Waals surface area (Å²) in [4.78, 5) is 10.8. The number of methoxy groups -OCH3 is 2. The first-order valence-electron chi connectivity index (χ1n) is 12.7. The van der Waals surface area contributed by atoms with Gasteiger partial charge in [-0.3, -0.25) is 4.79 Å². The van der Waals surface area contributed by atoms with Gasteiger partial charge in [-0.05, 0) is 102 Å². The predicted molar refractivity (Wildman–Crippen MR) is 140 cm³/mol. The Hall–Kier alpha value is -3.27. The smallest absolute Gasteiger partial charge is 0.303 e. The summed E-state index contributed by atoms with van der Waals surface area (Å²) in [5, 5.41) is 8.87. The lowest BCUT2D eigenvalue weighted by molar-refractivity contribution is -0.136. The number of fused-ring (bicyclic) bond motifs is 1. The number of carbonyl (C=O) groups is 1. The Morgan fingerprint density at radius 1 is 0.857 bits per heavy atom. The van der Waals surface area contributed by atoms with Gasteiger partial charge in [-0.15, -0.1) is 0 Å². The molecule has 4 nitrogen and oxygen atoms in total. The summed E-state index contributed by atoms with van der Waals surface area (Å²) < 4.78 is 10.9. The van der Waals surface area contributed by atoms with Gasteiger partial charge in [0, 0.05) is 6.42 Å². The minimum absolute atomic E-state index is 0.184. The molecule has 2 unspecified atom stereocenters. The molecule has 1 aliphatic carbocycles. The van der Waals surface area contributed by atoms with Crippen LogP contribution in [0.5, 0.6) is 11.5 Å².